The van der Waals surface area contributed by atoms with Gasteiger partial charge in [-0.05, 0) is 57.2 Å². The molecule has 6 heteroatoms. The Bertz CT molecular complexity index is 546. The average molecular weight is 444 g/mol. The van der Waals surface area contributed by atoms with Crippen molar-refractivity contribution in [2.45, 2.75) is 131 Å². The molecule has 0 aromatic rings. The molecule has 0 fully saturated rings. The number of alkyl carbamates (subject to hydrolysis) is 1. The van der Waals surface area contributed by atoms with Crippen molar-refractivity contribution in [3.8, 4) is 0 Å². The van der Waals surface area contributed by atoms with Crippen molar-refractivity contribution in [1.82, 2.24) is 5.32 Å². The summed E-state index contributed by atoms with van der Waals surface area (Å²) in [4.78, 5) is 25.4. The second-order valence-electron chi connectivity index (χ2n) is 11.6. The number of ketones is 1. The molecule has 0 aromatic carbocycles. The minimum atomic E-state index is -2.14. The summed E-state index contributed by atoms with van der Waals surface area (Å²) in [5, 5.41) is 3.06. The van der Waals surface area contributed by atoms with E-state index in [0.29, 0.717) is 18.8 Å². The third-order valence-corrected chi connectivity index (χ3v) is 10.5. The highest BCUT2D eigenvalue weighted by atomic mass is 28.4. The Balaban J connectivity index is 5.77. The first-order valence-electron chi connectivity index (χ1n) is 11.6. The summed E-state index contributed by atoms with van der Waals surface area (Å²) in [5.41, 5.74) is -0.576. The minimum Gasteiger partial charge on any atom is -0.444 e. The second kappa shape index (κ2) is 11.7. The zero-order valence-corrected chi connectivity index (χ0v) is 22.8. The van der Waals surface area contributed by atoms with Gasteiger partial charge in [0, 0.05) is 12.8 Å². The Labute approximate surface area is 187 Å². The van der Waals surface area contributed by atoms with E-state index in [9.17, 15) is 9.59 Å². The monoisotopic (exact) mass is 443 g/mol. The molecule has 178 valence electrons. The van der Waals surface area contributed by atoms with E-state index in [4.69, 9.17) is 9.16 Å². The lowest BCUT2D eigenvalue weighted by molar-refractivity contribution is -0.121. The van der Waals surface area contributed by atoms with Gasteiger partial charge < -0.3 is 14.5 Å². The van der Waals surface area contributed by atoms with Crippen molar-refractivity contribution < 1.29 is 18.8 Å². The predicted octanol–water partition coefficient (Wildman–Crippen LogP) is 6.71. The third-order valence-electron chi connectivity index (χ3n) is 6.02. The highest BCUT2D eigenvalue weighted by Gasteiger charge is 2.42. The second-order valence-corrected chi connectivity index (χ2v) is 16.4. The lowest BCUT2D eigenvalue weighted by Crippen LogP contribution is -2.55. The zero-order valence-electron chi connectivity index (χ0n) is 21.8. The summed E-state index contributed by atoms with van der Waals surface area (Å²) in [6.07, 6.45) is 1.81. The van der Waals surface area contributed by atoms with Crippen LogP contribution in [0.4, 0.5) is 4.79 Å². The van der Waals surface area contributed by atoms with Gasteiger partial charge in [0.2, 0.25) is 0 Å². The van der Waals surface area contributed by atoms with Crippen LogP contribution in [0, 0.1) is 11.8 Å². The van der Waals surface area contributed by atoms with E-state index in [1.54, 1.807) is 0 Å². The molecule has 0 aliphatic rings. The van der Waals surface area contributed by atoms with Crippen LogP contribution in [0.1, 0.15) is 94.9 Å². The summed E-state index contributed by atoms with van der Waals surface area (Å²) >= 11 is 0. The summed E-state index contributed by atoms with van der Waals surface area (Å²) < 4.78 is 12.3. The van der Waals surface area contributed by atoms with Gasteiger partial charge in [0.05, 0.1) is 12.1 Å². The highest BCUT2D eigenvalue weighted by molar-refractivity contribution is 6.74. The van der Waals surface area contributed by atoms with Crippen molar-refractivity contribution >= 4 is 20.2 Å². The Morgan fingerprint density at radius 2 is 1.53 bits per heavy atom. The van der Waals surface area contributed by atoms with Gasteiger partial charge in [-0.1, -0.05) is 54.9 Å². The largest absolute Gasteiger partial charge is 0.444 e. The van der Waals surface area contributed by atoms with Crippen LogP contribution in [-0.2, 0) is 14.0 Å². The molecule has 0 saturated heterocycles. The van der Waals surface area contributed by atoms with Gasteiger partial charge >= 0.3 is 6.09 Å². The molecular weight excluding hydrogens is 394 g/mol. The Morgan fingerprint density at radius 1 is 1.00 bits per heavy atom. The summed E-state index contributed by atoms with van der Waals surface area (Å²) in [5.74, 6) is 0.843. The molecule has 3 atom stereocenters. The molecule has 5 nitrogen and oxygen atoms in total. The molecule has 0 unspecified atom stereocenters. The molecule has 0 radical (unpaired) electrons. The number of rotatable bonds is 11. The number of hydrogen-bond donors (Lipinski definition) is 1. The topological polar surface area (TPSA) is 64.6 Å². The van der Waals surface area contributed by atoms with E-state index in [2.05, 4.69) is 66.9 Å². The van der Waals surface area contributed by atoms with Crippen LogP contribution >= 0.6 is 0 Å². The van der Waals surface area contributed by atoms with E-state index < -0.39 is 20.0 Å². The van der Waals surface area contributed by atoms with Gasteiger partial charge in [-0.3, -0.25) is 4.79 Å². The molecule has 0 aliphatic heterocycles. The van der Waals surface area contributed by atoms with Gasteiger partial charge in [-0.15, -0.1) is 0 Å². The van der Waals surface area contributed by atoms with Gasteiger partial charge in [-0.25, -0.2) is 4.79 Å². The quantitative estimate of drug-likeness (QED) is 0.360. The maximum atomic E-state index is 12.8. The van der Waals surface area contributed by atoms with Gasteiger partial charge in [0.25, 0.3) is 0 Å². The molecule has 0 aliphatic carbocycles. The predicted molar refractivity (Wildman–Crippen MR) is 128 cm³/mol. The zero-order chi connectivity index (χ0) is 23.9. The summed E-state index contributed by atoms with van der Waals surface area (Å²) in [6, 6.07) is -0.276. The Hall–Kier alpha value is -0.883. The summed E-state index contributed by atoms with van der Waals surface area (Å²) in [7, 11) is -2.14. The van der Waals surface area contributed by atoms with E-state index in [1.165, 1.54) is 0 Å². The smallest absolute Gasteiger partial charge is 0.407 e. The molecule has 0 heterocycles. The van der Waals surface area contributed by atoms with Crippen LogP contribution in [0.2, 0.25) is 18.1 Å². The Morgan fingerprint density at radius 3 is 1.93 bits per heavy atom. The number of carbonyl (C=O) groups is 2. The fraction of sp³-hybridized carbons (Fsp3) is 0.917. The lowest BCUT2D eigenvalue weighted by Gasteiger charge is -2.42. The van der Waals surface area contributed by atoms with Crippen LogP contribution in [-0.4, -0.2) is 37.9 Å². The first kappa shape index (κ1) is 29.1. The van der Waals surface area contributed by atoms with Crippen molar-refractivity contribution in [3.63, 3.8) is 0 Å². The maximum Gasteiger partial charge on any atom is 0.407 e. The van der Waals surface area contributed by atoms with Crippen LogP contribution in [0.3, 0.4) is 0 Å². The molecule has 0 aromatic heterocycles. The van der Waals surface area contributed by atoms with Crippen molar-refractivity contribution in [2.24, 2.45) is 11.8 Å². The molecule has 1 N–H and O–H groups in total. The van der Waals surface area contributed by atoms with E-state index in [-0.39, 0.29) is 28.9 Å². The number of carbonyl (C=O) groups excluding carboxylic acids is 2. The molecule has 30 heavy (non-hydrogen) atoms. The van der Waals surface area contributed by atoms with Crippen molar-refractivity contribution in [2.75, 3.05) is 0 Å². The number of ether oxygens (including phenoxy) is 1. The van der Waals surface area contributed by atoms with E-state index in [1.807, 2.05) is 20.8 Å². The summed E-state index contributed by atoms with van der Waals surface area (Å²) in [6.45, 7) is 25.0. The van der Waals surface area contributed by atoms with Crippen molar-refractivity contribution in [1.29, 1.82) is 0 Å². The van der Waals surface area contributed by atoms with Crippen LogP contribution < -0.4 is 5.32 Å². The SMILES string of the molecule is CC[C@H](C)[C@H](NC(=O)OC(C)(C)C)[C@H](CC(=O)CCC(C)C)O[Si](C)(C)C(C)(C)C. The maximum absolute atomic E-state index is 12.8. The highest BCUT2D eigenvalue weighted by Crippen LogP contribution is 2.38. The van der Waals surface area contributed by atoms with Crippen LogP contribution in [0.5, 0.6) is 0 Å². The minimum absolute atomic E-state index is 0.0121. The molecule has 1 amide bonds. The first-order valence-corrected chi connectivity index (χ1v) is 14.5. The molecule has 0 spiro atoms. The van der Waals surface area contributed by atoms with Crippen LogP contribution in [0.15, 0.2) is 0 Å². The van der Waals surface area contributed by atoms with Crippen LogP contribution in [0.25, 0.3) is 0 Å². The van der Waals surface area contributed by atoms with Gasteiger partial charge in [0.1, 0.15) is 11.4 Å². The fourth-order valence-corrected chi connectivity index (χ4v) is 4.21. The van der Waals surface area contributed by atoms with E-state index in [0.717, 1.165) is 12.8 Å². The molecule has 0 rings (SSSR count). The van der Waals surface area contributed by atoms with Gasteiger partial charge in [0.15, 0.2) is 8.32 Å². The standard InChI is InChI=1S/C24H49NO4Si/c1-13-18(4)21(25-22(27)28-23(5,6)7)20(16-19(26)15-14-17(2)3)29-30(11,12)24(8,9)10/h17-18,20-21H,13-16H2,1-12H3,(H,25,27)/t18-,20-,21-/m0/s1. The number of hydrogen-bond acceptors (Lipinski definition) is 4. The van der Waals surface area contributed by atoms with Crippen molar-refractivity contribution in [3.05, 3.63) is 0 Å². The normalized spacial score (nSPS) is 16.2. The Kier molecular flexibility index (Phi) is 11.3. The number of amides is 1. The van der Waals surface area contributed by atoms with E-state index >= 15 is 0 Å². The number of Topliss-reactive ketones (excluding diaryl/α,β-unsaturated/α-hetero) is 1. The first-order chi connectivity index (χ1) is 13.4. The number of nitrogens with one attached hydrogen (secondary N) is 1. The molecule has 0 saturated carbocycles. The fourth-order valence-electron chi connectivity index (χ4n) is 2.87. The molecular formula is C24H49NO4Si. The van der Waals surface area contributed by atoms with Gasteiger partial charge in [-0.2, -0.15) is 0 Å². The third kappa shape index (κ3) is 10.9. The molecule has 0 bridgehead atoms. The lowest BCUT2D eigenvalue weighted by atomic mass is 9.90. The average Bonchev–Trinajstić information content (AvgIpc) is 2.53.